The molecule has 0 aromatic rings. The second-order valence-corrected chi connectivity index (χ2v) is 10.5. The molecule has 2 atom stereocenters. The highest BCUT2D eigenvalue weighted by Crippen LogP contribution is 2.12. The van der Waals surface area contributed by atoms with Crippen LogP contribution in [0.3, 0.4) is 0 Å². The van der Waals surface area contributed by atoms with Crippen LogP contribution in [-0.2, 0) is 28.6 Å². The van der Waals surface area contributed by atoms with E-state index in [1.807, 2.05) is 0 Å². The Morgan fingerprint density at radius 1 is 0.500 bits per heavy atom. The predicted molar refractivity (Wildman–Crippen MR) is 152 cm³/mol. The van der Waals surface area contributed by atoms with Crippen LogP contribution in [0.15, 0.2) is 0 Å². The van der Waals surface area contributed by atoms with Gasteiger partial charge in [0.2, 0.25) is 0 Å². The van der Waals surface area contributed by atoms with Gasteiger partial charge in [-0.1, -0.05) is 117 Å². The minimum Gasteiger partial charge on any atom is -0.463 e. The number of ether oxygens (including phenoxy) is 3. The van der Waals surface area contributed by atoms with Crippen molar-refractivity contribution in [1.29, 1.82) is 0 Å². The predicted octanol–water partition coefficient (Wildman–Crippen LogP) is 7.60. The molecule has 0 amide bonds. The fourth-order valence-electron chi connectivity index (χ4n) is 4.21. The van der Waals surface area contributed by atoms with Crippen molar-refractivity contribution in [2.75, 3.05) is 13.2 Å². The average molecular weight is 543 g/mol. The van der Waals surface area contributed by atoms with Gasteiger partial charge < -0.3 is 19.3 Å². The number of esters is 3. The van der Waals surface area contributed by atoms with Crippen molar-refractivity contribution in [3.63, 3.8) is 0 Å². The minimum atomic E-state index is -1.25. The molecule has 38 heavy (non-hydrogen) atoms. The van der Waals surface area contributed by atoms with Crippen LogP contribution >= 0.6 is 0 Å². The van der Waals surface area contributed by atoms with Gasteiger partial charge >= 0.3 is 17.9 Å². The summed E-state index contributed by atoms with van der Waals surface area (Å²) in [6, 6.07) is 0. The summed E-state index contributed by atoms with van der Waals surface area (Å²) in [6.07, 6.45) is 17.6. The molecule has 1 N–H and O–H groups in total. The summed E-state index contributed by atoms with van der Waals surface area (Å²) in [5.74, 6) is -1.18. The van der Waals surface area contributed by atoms with Gasteiger partial charge in [0.05, 0.1) is 0 Å². The van der Waals surface area contributed by atoms with E-state index in [-0.39, 0.29) is 31.6 Å². The number of rotatable bonds is 27. The molecule has 0 aromatic carbocycles. The minimum absolute atomic E-state index is 0.243. The van der Waals surface area contributed by atoms with E-state index >= 15 is 0 Å². The lowest BCUT2D eigenvalue weighted by Gasteiger charge is -2.23. The lowest BCUT2D eigenvalue weighted by atomic mass is 10.1. The molecule has 0 bridgehead atoms. The lowest BCUT2D eigenvalue weighted by molar-refractivity contribution is -0.171. The number of carbonyl (C=O) groups is 3. The van der Waals surface area contributed by atoms with Crippen LogP contribution in [0.1, 0.15) is 156 Å². The van der Waals surface area contributed by atoms with E-state index in [1.165, 1.54) is 51.4 Å². The molecule has 0 unspecified atom stereocenters. The van der Waals surface area contributed by atoms with Gasteiger partial charge in [0, 0.05) is 19.3 Å². The Labute approximate surface area is 232 Å². The molecule has 0 aliphatic rings. The van der Waals surface area contributed by atoms with E-state index in [2.05, 4.69) is 20.8 Å². The number of aliphatic hydroxyl groups excluding tert-OH is 1. The largest absolute Gasteiger partial charge is 0.463 e. The van der Waals surface area contributed by atoms with E-state index in [9.17, 15) is 19.5 Å². The zero-order valence-electron chi connectivity index (χ0n) is 24.8. The molecule has 0 saturated heterocycles. The molecule has 0 aromatic heterocycles. The van der Waals surface area contributed by atoms with Gasteiger partial charge in [-0.05, 0) is 19.3 Å². The van der Waals surface area contributed by atoms with Gasteiger partial charge in [0.1, 0.15) is 19.3 Å². The summed E-state index contributed by atoms with van der Waals surface area (Å²) in [5.41, 5.74) is 0. The quantitative estimate of drug-likeness (QED) is 0.0648. The molecule has 0 spiro atoms. The maximum atomic E-state index is 12.4. The summed E-state index contributed by atoms with van der Waals surface area (Å²) in [6.45, 7) is 5.96. The van der Waals surface area contributed by atoms with Crippen LogP contribution in [0, 0.1) is 0 Å². The molecule has 224 valence electrons. The topological polar surface area (TPSA) is 99.1 Å². The molecule has 0 rings (SSSR count). The maximum Gasteiger partial charge on any atom is 0.306 e. The number of hydrogen-bond donors (Lipinski definition) is 1. The first-order valence-corrected chi connectivity index (χ1v) is 15.6. The highest BCUT2D eigenvalue weighted by molar-refractivity contribution is 5.70. The first kappa shape index (κ1) is 36.4. The van der Waals surface area contributed by atoms with Crippen molar-refractivity contribution < 1.29 is 33.7 Å². The Bertz CT molecular complexity index is 579. The summed E-state index contributed by atoms with van der Waals surface area (Å²) < 4.78 is 16.0. The number of unbranched alkanes of at least 4 members (excludes halogenated alkanes) is 15. The fraction of sp³-hybridized carbons (Fsp3) is 0.903. The van der Waals surface area contributed by atoms with Crippen LogP contribution < -0.4 is 0 Å². The molecular weight excluding hydrogens is 484 g/mol. The van der Waals surface area contributed by atoms with Crippen LogP contribution in [0.2, 0.25) is 0 Å². The van der Waals surface area contributed by atoms with Crippen molar-refractivity contribution in [2.45, 2.75) is 168 Å². The molecule has 0 heterocycles. The van der Waals surface area contributed by atoms with Gasteiger partial charge in [-0.15, -0.1) is 0 Å². The summed E-state index contributed by atoms with van der Waals surface area (Å²) >= 11 is 0. The van der Waals surface area contributed by atoms with Crippen LogP contribution in [0.5, 0.6) is 0 Å². The van der Waals surface area contributed by atoms with Crippen molar-refractivity contribution in [1.82, 2.24) is 0 Å². The third kappa shape index (κ3) is 23.5. The molecule has 0 radical (unpaired) electrons. The van der Waals surface area contributed by atoms with E-state index in [1.54, 1.807) is 0 Å². The molecule has 0 aliphatic heterocycles. The van der Waals surface area contributed by atoms with Crippen molar-refractivity contribution in [3.05, 3.63) is 0 Å². The summed E-state index contributed by atoms with van der Waals surface area (Å²) in [5, 5.41) is 10.6. The molecule has 7 heteroatoms. The van der Waals surface area contributed by atoms with E-state index in [4.69, 9.17) is 14.2 Å². The third-order valence-electron chi connectivity index (χ3n) is 6.74. The molecular formula is C31H58O7. The number of aliphatic hydroxyl groups is 1. The lowest BCUT2D eigenvalue weighted by Crippen LogP contribution is -2.39. The van der Waals surface area contributed by atoms with E-state index in [0.29, 0.717) is 12.8 Å². The zero-order chi connectivity index (χ0) is 28.3. The standard InChI is InChI=1S/C31H58O7/c1-4-7-10-13-16-19-22-29(33)36-25-27(32)28(38-31(35)24-21-18-15-12-9-6-3)26-37-30(34)23-20-17-14-11-8-5-2/h27-28,32H,4-26H2,1-3H3/t27-,28+/m0/s1. The van der Waals surface area contributed by atoms with Crippen LogP contribution in [0.25, 0.3) is 0 Å². The molecule has 0 fully saturated rings. The van der Waals surface area contributed by atoms with Crippen molar-refractivity contribution in [3.8, 4) is 0 Å². The highest BCUT2D eigenvalue weighted by Gasteiger charge is 2.26. The van der Waals surface area contributed by atoms with Crippen molar-refractivity contribution in [2.24, 2.45) is 0 Å². The van der Waals surface area contributed by atoms with Gasteiger partial charge in [-0.25, -0.2) is 0 Å². The molecule has 7 nitrogen and oxygen atoms in total. The Kier molecular flexibility index (Phi) is 25.8. The first-order chi connectivity index (χ1) is 18.4. The first-order valence-electron chi connectivity index (χ1n) is 15.6. The Hall–Kier alpha value is -1.63. The third-order valence-corrected chi connectivity index (χ3v) is 6.74. The fourth-order valence-corrected chi connectivity index (χ4v) is 4.21. The van der Waals surface area contributed by atoms with Crippen LogP contribution in [-0.4, -0.2) is 48.4 Å². The van der Waals surface area contributed by atoms with Gasteiger partial charge in [-0.2, -0.15) is 0 Å². The van der Waals surface area contributed by atoms with E-state index in [0.717, 1.165) is 64.2 Å². The maximum absolute atomic E-state index is 12.4. The van der Waals surface area contributed by atoms with Gasteiger partial charge in [0.15, 0.2) is 6.10 Å². The Morgan fingerprint density at radius 2 is 0.842 bits per heavy atom. The second kappa shape index (κ2) is 27.0. The Morgan fingerprint density at radius 3 is 1.26 bits per heavy atom. The smallest absolute Gasteiger partial charge is 0.306 e. The molecule has 0 saturated carbocycles. The van der Waals surface area contributed by atoms with E-state index < -0.39 is 18.2 Å². The van der Waals surface area contributed by atoms with Gasteiger partial charge in [-0.3, -0.25) is 14.4 Å². The highest BCUT2D eigenvalue weighted by atomic mass is 16.6. The average Bonchev–Trinajstić information content (AvgIpc) is 2.91. The van der Waals surface area contributed by atoms with Crippen molar-refractivity contribution >= 4 is 17.9 Å². The second-order valence-electron chi connectivity index (χ2n) is 10.5. The van der Waals surface area contributed by atoms with Crippen LogP contribution in [0.4, 0.5) is 0 Å². The normalized spacial score (nSPS) is 12.6. The molecule has 0 aliphatic carbocycles. The zero-order valence-corrected chi connectivity index (χ0v) is 24.8. The summed E-state index contributed by atoms with van der Waals surface area (Å²) in [7, 11) is 0. The monoisotopic (exact) mass is 542 g/mol. The van der Waals surface area contributed by atoms with Gasteiger partial charge in [0.25, 0.3) is 0 Å². The summed E-state index contributed by atoms with van der Waals surface area (Å²) in [4.78, 5) is 36.7. The SMILES string of the molecule is CCCCCCCCC(=O)OC[C@H](O)[C@@H](COC(=O)CCCCCCCC)OC(=O)CCCCCCCC. The Balaban J connectivity index is 4.53. The number of hydrogen-bond acceptors (Lipinski definition) is 7. The number of carbonyl (C=O) groups excluding carboxylic acids is 3.